The van der Waals surface area contributed by atoms with Gasteiger partial charge >= 0.3 is 0 Å². The van der Waals surface area contributed by atoms with Crippen molar-refractivity contribution in [2.75, 3.05) is 6.61 Å². The molecule has 0 atom stereocenters. The Morgan fingerprint density at radius 2 is 1.58 bits per heavy atom. The van der Waals surface area contributed by atoms with E-state index in [1.54, 1.807) is 12.4 Å². The molecule has 3 heterocycles. The molecule has 2 N–H and O–H groups in total. The normalized spacial score (nSPS) is 10.9. The Bertz CT molecular complexity index is 1350. The summed E-state index contributed by atoms with van der Waals surface area (Å²) in [5.74, 6) is 0.582. The molecule has 5 nitrogen and oxygen atoms in total. The number of benzene rings is 2. The Labute approximate surface area is 192 Å². The van der Waals surface area contributed by atoms with Crippen LogP contribution in [0.2, 0.25) is 0 Å². The summed E-state index contributed by atoms with van der Waals surface area (Å²) in [4.78, 5) is 13.9. The minimum atomic E-state index is 0.492. The molecule has 0 aliphatic carbocycles. The van der Waals surface area contributed by atoms with E-state index in [2.05, 4.69) is 52.4 Å². The Hall–Kier alpha value is -4.09. The highest BCUT2D eigenvalue weighted by Crippen LogP contribution is 2.35. The number of pyridine rings is 3. The van der Waals surface area contributed by atoms with Crippen LogP contribution < -0.4 is 10.5 Å². The fourth-order valence-corrected chi connectivity index (χ4v) is 3.84. The minimum absolute atomic E-state index is 0.492. The number of ether oxygens (including phenoxy) is 1. The third-order valence-corrected chi connectivity index (χ3v) is 5.58. The first-order chi connectivity index (χ1) is 16.3. The maximum Gasteiger partial charge on any atom is 0.222 e. The maximum absolute atomic E-state index is 6.08. The fraction of sp³-hybridized carbons (Fsp3) is 0.107. The summed E-state index contributed by atoms with van der Waals surface area (Å²) in [5, 5.41) is 0.889. The molecule has 0 unspecified atom stereocenters. The molecule has 0 spiro atoms. The molecule has 0 saturated carbocycles. The molecule has 0 fully saturated rings. The van der Waals surface area contributed by atoms with Crippen LogP contribution in [-0.4, -0.2) is 21.6 Å². The zero-order valence-electron chi connectivity index (χ0n) is 18.2. The SMILES string of the molecule is NCc1ccc(-c2nc3ccnc(OCCc4ccccn4)c3cc2-c2ccccc2)cc1. The summed E-state index contributed by atoms with van der Waals surface area (Å²) in [5.41, 5.74) is 12.8. The summed E-state index contributed by atoms with van der Waals surface area (Å²) in [6, 6.07) is 28.5. The molecule has 5 heteroatoms. The Kier molecular flexibility index (Phi) is 6.04. The summed E-state index contributed by atoms with van der Waals surface area (Å²) in [6.07, 6.45) is 4.25. The highest BCUT2D eigenvalue weighted by molar-refractivity contribution is 5.93. The molecule has 2 aromatic carbocycles. The van der Waals surface area contributed by atoms with Gasteiger partial charge in [0.1, 0.15) is 0 Å². The zero-order chi connectivity index (χ0) is 22.5. The van der Waals surface area contributed by atoms with Crippen molar-refractivity contribution in [2.24, 2.45) is 5.73 Å². The van der Waals surface area contributed by atoms with E-state index >= 15 is 0 Å². The van der Waals surface area contributed by atoms with Gasteiger partial charge in [-0.05, 0) is 35.4 Å². The smallest absolute Gasteiger partial charge is 0.222 e. The van der Waals surface area contributed by atoms with Crippen LogP contribution in [0.1, 0.15) is 11.3 Å². The number of nitrogens with two attached hydrogens (primary N) is 1. The van der Waals surface area contributed by atoms with Crippen molar-refractivity contribution < 1.29 is 4.74 Å². The van der Waals surface area contributed by atoms with Crippen molar-refractivity contribution in [3.63, 3.8) is 0 Å². The standard InChI is InChI=1S/C28H24N4O/c29-19-20-9-11-22(12-10-20)27-24(21-6-2-1-3-7-21)18-25-26(32-27)13-16-31-28(25)33-17-14-23-8-4-5-15-30-23/h1-13,15-16,18H,14,17,19,29H2. The molecule has 5 aromatic rings. The van der Waals surface area contributed by atoms with Gasteiger partial charge in [-0.2, -0.15) is 0 Å². The quantitative estimate of drug-likeness (QED) is 0.371. The first-order valence-corrected chi connectivity index (χ1v) is 11.0. The lowest BCUT2D eigenvalue weighted by Crippen LogP contribution is -2.04. The summed E-state index contributed by atoms with van der Waals surface area (Å²) in [6.45, 7) is 1.01. The van der Waals surface area contributed by atoms with Crippen LogP contribution in [0.25, 0.3) is 33.3 Å². The van der Waals surface area contributed by atoms with Crippen molar-refractivity contribution in [1.29, 1.82) is 0 Å². The van der Waals surface area contributed by atoms with Crippen LogP contribution in [0.15, 0.2) is 97.3 Å². The zero-order valence-corrected chi connectivity index (χ0v) is 18.2. The van der Waals surface area contributed by atoms with Crippen LogP contribution in [0, 0.1) is 0 Å². The molecule has 3 aromatic heterocycles. The highest BCUT2D eigenvalue weighted by atomic mass is 16.5. The highest BCUT2D eigenvalue weighted by Gasteiger charge is 2.14. The molecule has 0 bridgehead atoms. The third-order valence-electron chi connectivity index (χ3n) is 5.58. The lowest BCUT2D eigenvalue weighted by molar-refractivity contribution is 0.312. The lowest BCUT2D eigenvalue weighted by atomic mass is 9.97. The van der Waals surface area contributed by atoms with E-state index in [1.165, 1.54) is 0 Å². The molecule has 0 aliphatic heterocycles. The molecule has 0 radical (unpaired) electrons. The second kappa shape index (κ2) is 9.59. The van der Waals surface area contributed by atoms with E-state index in [0.29, 0.717) is 25.5 Å². The van der Waals surface area contributed by atoms with Crippen LogP contribution >= 0.6 is 0 Å². The summed E-state index contributed by atoms with van der Waals surface area (Å²) in [7, 11) is 0. The van der Waals surface area contributed by atoms with Crippen molar-refractivity contribution in [3.8, 4) is 28.3 Å². The van der Waals surface area contributed by atoms with Gasteiger partial charge in [-0.1, -0.05) is 60.7 Å². The second-order valence-electron chi connectivity index (χ2n) is 7.75. The minimum Gasteiger partial charge on any atom is -0.477 e. The molecule has 0 saturated heterocycles. The van der Waals surface area contributed by atoms with Gasteiger partial charge in [-0.25, -0.2) is 9.97 Å². The van der Waals surface area contributed by atoms with Crippen molar-refractivity contribution in [1.82, 2.24) is 15.0 Å². The topological polar surface area (TPSA) is 73.9 Å². The molecule has 5 rings (SSSR count). The molecule has 0 amide bonds. The molecule has 0 aliphatic rings. The van der Waals surface area contributed by atoms with Crippen molar-refractivity contribution in [2.45, 2.75) is 13.0 Å². The Morgan fingerprint density at radius 1 is 0.758 bits per heavy atom. The van der Waals surface area contributed by atoms with E-state index in [0.717, 1.165) is 44.5 Å². The maximum atomic E-state index is 6.08. The summed E-state index contributed by atoms with van der Waals surface area (Å²) >= 11 is 0. The van der Waals surface area contributed by atoms with Gasteiger partial charge in [0.25, 0.3) is 0 Å². The predicted octanol–water partition coefficient (Wildman–Crippen LogP) is 5.44. The van der Waals surface area contributed by atoms with Gasteiger partial charge in [-0.15, -0.1) is 0 Å². The number of hydrogen-bond donors (Lipinski definition) is 1. The van der Waals surface area contributed by atoms with Gasteiger partial charge in [0.2, 0.25) is 5.88 Å². The number of rotatable bonds is 7. The van der Waals surface area contributed by atoms with Gasteiger partial charge < -0.3 is 10.5 Å². The van der Waals surface area contributed by atoms with Crippen molar-refractivity contribution >= 4 is 10.9 Å². The first kappa shape index (κ1) is 20.8. The van der Waals surface area contributed by atoms with Crippen molar-refractivity contribution in [3.05, 3.63) is 109 Å². The van der Waals surface area contributed by atoms with Crippen LogP contribution in [-0.2, 0) is 13.0 Å². The van der Waals surface area contributed by atoms with E-state index in [-0.39, 0.29) is 0 Å². The van der Waals surface area contributed by atoms with Crippen LogP contribution in [0.5, 0.6) is 5.88 Å². The average Bonchev–Trinajstić information content (AvgIpc) is 2.89. The molecule has 33 heavy (non-hydrogen) atoms. The molecule has 162 valence electrons. The van der Waals surface area contributed by atoms with Gasteiger partial charge in [0.05, 0.1) is 23.2 Å². The first-order valence-electron chi connectivity index (χ1n) is 11.0. The summed E-state index contributed by atoms with van der Waals surface area (Å²) < 4.78 is 6.08. The lowest BCUT2D eigenvalue weighted by Gasteiger charge is -2.14. The monoisotopic (exact) mass is 432 g/mol. The number of aromatic nitrogens is 3. The largest absolute Gasteiger partial charge is 0.477 e. The van der Waals surface area contributed by atoms with E-state index < -0.39 is 0 Å². The Morgan fingerprint density at radius 3 is 2.33 bits per heavy atom. The average molecular weight is 433 g/mol. The Balaban J connectivity index is 1.56. The number of fused-ring (bicyclic) bond motifs is 1. The van der Waals surface area contributed by atoms with E-state index in [1.807, 2.05) is 42.5 Å². The number of hydrogen-bond acceptors (Lipinski definition) is 5. The van der Waals surface area contributed by atoms with Crippen LogP contribution in [0.3, 0.4) is 0 Å². The third kappa shape index (κ3) is 4.59. The molecular formula is C28H24N4O. The second-order valence-corrected chi connectivity index (χ2v) is 7.75. The van der Waals surface area contributed by atoms with Gasteiger partial charge in [0, 0.05) is 42.2 Å². The predicted molar refractivity (Wildman–Crippen MR) is 132 cm³/mol. The fourth-order valence-electron chi connectivity index (χ4n) is 3.84. The number of nitrogens with zero attached hydrogens (tertiary/aromatic N) is 3. The van der Waals surface area contributed by atoms with E-state index in [4.69, 9.17) is 15.5 Å². The molecular weight excluding hydrogens is 408 g/mol. The van der Waals surface area contributed by atoms with E-state index in [9.17, 15) is 0 Å². The van der Waals surface area contributed by atoms with Crippen LogP contribution in [0.4, 0.5) is 0 Å². The van der Waals surface area contributed by atoms with Gasteiger partial charge in [-0.3, -0.25) is 4.98 Å². The van der Waals surface area contributed by atoms with Gasteiger partial charge in [0.15, 0.2) is 0 Å².